The summed E-state index contributed by atoms with van der Waals surface area (Å²) in [5.41, 5.74) is 4.44. The minimum atomic E-state index is -0.781. The van der Waals surface area contributed by atoms with Gasteiger partial charge in [0.1, 0.15) is 0 Å². The quantitative estimate of drug-likeness (QED) is 0.378. The van der Waals surface area contributed by atoms with E-state index in [2.05, 4.69) is 24.1 Å². The van der Waals surface area contributed by atoms with Gasteiger partial charge in [-0.3, -0.25) is 4.65 Å². The van der Waals surface area contributed by atoms with E-state index in [9.17, 15) is 10.0 Å². The first-order valence-electron chi connectivity index (χ1n) is 12.1. The molecule has 1 aliphatic carbocycles. The lowest BCUT2D eigenvalue weighted by atomic mass is 9.77. The fourth-order valence-corrected chi connectivity index (χ4v) is 5.29. The molecule has 1 heterocycles. The molecule has 2 atom stereocenters. The fourth-order valence-electron chi connectivity index (χ4n) is 5.29. The number of carbonyl (C=O) groups excluding carboxylic acids is 1. The molecule has 4 rings (SSSR count). The van der Waals surface area contributed by atoms with Crippen LogP contribution in [0.5, 0.6) is 23.0 Å². The molecule has 35 heavy (non-hydrogen) atoms. The number of fused-ring (bicyclic) bond motifs is 2. The predicted octanol–water partition coefficient (Wildman–Crippen LogP) is 3.32. The molecule has 0 bridgehead atoms. The third-order valence-corrected chi connectivity index (χ3v) is 7.39. The number of hydroxylamine groups is 3. The van der Waals surface area contributed by atoms with E-state index >= 15 is 0 Å². The van der Waals surface area contributed by atoms with Crippen LogP contribution in [0, 0.1) is 5.21 Å². The number of carbonyl (C=O) groups is 1. The van der Waals surface area contributed by atoms with E-state index in [1.165, 1.54) is 11.1 Å². The van der Waals surface area contributed by atoms with Crippen LogP contribution in [0.3, 0.4) is 0 Å². The molecule has 0 fully saturated rings. The van der Waals surface area contributed by atoms with Crippen LogP contribution in [-0.4, -0.2) is 77.1 Å². The lowest BCUT2D eigenvalue weighted by Gasteiger charge is -2.39. The second-order valence-electron chi connectivity index (χ2n) is 9.56. The van der Waals surface area contributed by atoms with Crippen LogP contribution in [0.15, 0.2) is 24.3 Å². The van der Waals surface area contributed by atoms with Gasteiger partial charge in [-0.2, -0.15) is 0 Å². The Bertz CT molecular complexity index is 1090. The standard InChI is InChI=1S/C27H36N2O6/c1-28(17-21-11-20-14-25(34-4)26(35-5)16-22(20)21)8-6-9-29(31)10-7-18-12-23(32-2)24(33-3)13-19(18)15-27(29)30/h12-14,16,21H,6-11,15,17H2,1-5H3/t21-,29?/m1/s1. The average Bonchev–Trinajstić information content (AvgIpc) is 2.97. The Labute approximate surface area is 207 Å². The summed E-state index contributed by atoms with van der Waals surface area (Å²) in [6, 6.07) is 7.86. The van der Waals surface area contributed by atoms with E-state index in [1.54, 1.807) is 28.4 Å². The van der Waals surface area contributed by atoms with Crippen molar-refractivity contribution in [1.82, 2.24) is 4.90 Å². The molecule has 2 aromatic rings. The Morgan fingerprint density at radius 3 is 2.11 bits per heavy atom. The van der Waals surface area contributed by atoms with Crippen molar-refractivity contribution in [1.29, 1.82) is 0 Å². The Hall–Kier alpha value is -2.81. The van der Waals surface area contributed by atoms with Crippen molar-refractivity contribution in [3.8, 4) is 23.0 Å². The number of nitrogens with zero attached hydrogens (tertiary/aromatic N) is 2. The minimum Gasteiger partial charge on any atom is -0.625 e. The Morgan fingerprint density at radius 2 is 1.49 bits per heavy atom. The summed E-state index contributed by atoms with van der Waals surface area (Å²) >= 11 is 0. The van der Waals surface area contributed by atoms with Crippen molar-refractivity contribution in [2.45, 2.75) is 31.6 Å². The van der Waals surface area contributed by atoms with Crippen LogP contribution >= 0.6 is 0 Å². The maximum absolute atomic E-state index is 13.5. The molecule has 8 nitrogen and oxygen atoms in total. The first-order chi connectivity index (χ1) is 16.8. The van der Waals surface area contributed by atoms with Crippen LogP contribution in [0.4, 0.5) is 0 Å². The van der Waals surface area contributed by atoms with Crippen molar-refractivity contribution >= 4 is 5.91 Å². The molecule has 8 heteroatoms. The smallest absolute Gasteiger partial charge is 0.318 e. The number of quaternary nitrogens is 1. The Kier molecular flexibility index (Phi) is 7.54. The summed E-state index contributed by atoms with van der Waals surface area (Å²) in [4.78, 5) is 15.2. The maximum Gasteiger partial charge on any atom is 0.318 e. The van der Waals surface area contributed by atoms with E-state index < -0.39 is 4.65 Å². The molecule has 0 radical (unpaired) electrons. The first-order valence-corrected chi connectivity index (χ1v) is 12.1. The third-order valence-electron chi connectivity index (χ3n) is 7.39. The van der Waals surface area contributed by atoms with E-state index in [4.69, 9.17) is 18.9 Å². The first kappa shape index (κ1) is 25.3. The summed E-state index contributed by atoms with van der Waals surface area (Å²) in [6.45, 7) is 2.21. The van der Waals surface area contributed by atoms with Gasteiger partial charge in [0.05, 0.1) is 47.9 Å². The van der Waals surface area contributed by atoms with E-state index in [0.717, 1.165) is 42.1 Å². The molecule has 1 unspecified atom stereocenters. The molecule has 0 N–H and O–H groups in total. The van der Waals surface area contributed by atoms with Crippen LogP contribution in [0.1, 0.15) is 34.6 Å². The van der Waals surface area contributed by atoms with Gasteiger partial charge in [0.15, 0.2) is 23.0 Å². The van der Waals surface area contributed by atoms with Gasteiger partial charge in [-0.1, -0.05) is 0 Å². The van der Waals surface area contributed by atoms with Crippen LogP contribution in [-0.2, 0) is 24.1 Å². The van der Waals surface area contributed by atoms with Crippen molar-refractivity contribution < 1.29 is 28.4 Å². The molecule has 0 saturated carbocycles. The summed E-state index contributed by atoms with van der Waals surface area (Å²) in [7, 11) is 8.55. The molecule has 190 valence electrons. The number of benzene rings is 2. The molecule has 2 aliphatic rings. The number of ether oxygens (including phenoxy) is 4. The van der Waals surface area contributed by atoms with Gasteiger partial charge in [-0.25, -0.2) is 4.79 Å². The molecule has 0 saturated heterocycles. The van der Waals surface area contributed by atoms with E-state index in [0.29, 0.717) is 30.3 Å². The van der Waals surface area contributed by atoms with Crippen molar-refractivity contribution in [2.24, 2.45) is 0 Å². The summed E-state index contributed by atoms with van der Waals surface area (Å²) in [5.74, 6) is 2.88. The summed E-state index contributed by atoms with van der Waals surface area (Å²) in [6.07, 6.45) is 2.34. The van der Waals surface area contributed by atoms with Gasteiger partial charge in [0.25, 0.3) is 0 Å². The number of likely N-dealkylation sites (N-methyl/N-ethyl adjacent to an activating group) is 1. The molecule has 0 spiro atoms. The predicted molar refractivity (Wildman–Crippen MR) is 133 cm³/mol. The van der Waals surface area contributed by atoms with Crippen LogP contribution < -0.4 is 18.9 Å². The van der Waals surface area contributed by atoms with Gasteiger partial charge >= 0.3 is 5.91 Å². The van der Waals surface area contributed by atoms with Crippen molar-refractivity contribution in [3.05, 3.63) is 51.7 Å². The highest BCUT2D eigenvalue weighted by molar-refractivity contribution is 5.74. The van der Waals surface area contributed by atoms with Crippen LogP contribution in [0.2, 0.25) is 0 Å². The molecule has 0 aromatic heterocycles. The molecular weight excluding hydrogens is 448 g/mol. The highest BCUT2D eigenvalue weighted by atomic mass is 16.6. The Morgan fingerprint density at radius 1 is 0.914 bits per heavy atom. The highest BCUT2D eigenvalue weighted by Crippen LogP contribution is 2.42. The van der Waals surface area contributed by atoms with E-state index in [-0.39, 0.29) is 25.4 Å². The minimum absolute atomic E-state index is 0.124. The average molecular weight is 485 g/mol. The second kappa shape index (κ2) is 10.4. The van der Waals surface area contributed by atoms with Crippen molar-refractivity contribution in [3.63, 3.8) is 0 Å². The lowest BCUT2D eigenvalue weighted by molar-refractivity contribution is -0.804. The van der Waals surface area contributed by atoms with Gasteiger partial charge < -0.3 is 29.1 Å². The number of methoxy groups -OCH3 is 4. The highest BCUT2D eigenvalue weighted by Gasteiger charge is 2.33. The molecule has 2 aromatic carbocycles. The number of hydrogen-bond donors (Lipinski definition) is 0. The second-order valence-corrected chi connectivity index (χ2v) is 9.56. The largest absolute Gasteiger partial charge is 0.625 e. The fraction of sp³-hybridized carbons (Fsp3) is 0.519. The third kappa shape index (κ3) is 5.10. The van der Waals surface area contributed by atoms with E-state index in [1.807, 2.05) is 12.1 Å². The SMILES string of the molecule is COc1cc2c(cc1OC)CC(=O)[N+]([O-])(CCCN(C)C[C@H]1Cc3cc(OC)c(OC)cc31)CC2. The summed E-state index contributed by atoms with van der Waals surface area (Å²) < 4.78 is 20.8. The van der Waals surface area contributed by atoms with Gasteiger partial charge in [-0.15, -0.1) is 0 Å². The van der Waals surface area contributed by atoms with Gasteiger partial charge in [-0.05, 0) is 60.0 Å². The topological polar surface area (TPSA) is 80.3 Å². The molecule has 1 amide bonds. The monoisotopic (exact) mass is 484 g/mol. The lowest BCUT2D eigenvalue weighted by Crippen LogP contribution is -2.50. The molecular formula is C27H36N2O6. The number of rotatable bonds is 10. The van der Waals surface area contributed by atoms with Crippen molar-refractivity contribution in [2.75, 3.05) is 61.7 Å². The normalized spacial score (nSPS) is 21.0. The maximum atomic E-state index is 13.5. The number of hydrogen-bond acceptors (Lipinski definition) is 7. The zero-order valence-corrected chi connectivity index (χ0v) is 21.4. The zero-order chi connectivity index (χ0) is 25.2. The van der Waals surface area contributed by atoms with Gasteiger partial charge in [0, 0.05) is 31.8 Å². The summed E-state index contributed by atoms with van der Waals surface area (Å²) in [5, 5.41) is 13.5. The molecule has 1 aliphatic heterocycles. The Balaban J connectivity index is 1.32. The number of amides is 1. The van der Waals surface area contributed by atoms with Crippen LogP contribution in [0.25, 0.3) is 0 Å². The van der Waals surface area contributed by atoms with Gasteiger partial charge in [0.2, 0.25) is 0 Å². The zero-order valence-electron chi connectivity index (χ0n) is 21.4.